The van der Waals surface area contributed by atoms with Gasteiger partial charge < -0.3 is 10.6 Å². The number of hydrogen-bond acceptors (Lipinski definition) is 5. The lowest BCUT2D eigenvalue weighted by molar-refractivity contribution is -2.00. The molecule has 1 aromatic carbocycles. The average Bonchev–Trinajstić information content (AvgIpc) is 2.58. The lowest BCUT2D eigenvalue weighted by Crippen LogP contribution is -3.08. The molecule has 2 unspecified atom stereocenters. The van der Waals surface area contributed by atoms with Gasteiger partial charge in [0.05, 0.1) is 7.05 Å². The van der Waals surface area contributed by atoms with Gasteiger partial charge in [0.25, 0.3) is 0 Å². The highest BCUT2D eigenvalue weighted by Crippen LogP contribution is 2.37. The first-order valence-corrected chi connectivity index (χ1v) is 8.51. The fourth-order valence-corrected chi connectivity index (χ4v) is 3.36. The molecule has 1 aromatic rings. The molecule has 0 bridgehead atoms. The highest BCUT2D eigenvalue weighted by atomic mass is 35.7. The van der Waals surface area contributed by atoms with E-state index in [4.69, 9.17) is 24.4 Å². The first-order chi connectivity index (χ1) is 10.4. The fourth-order valence-electron chi connectivity index (χ4n) is 3.36. The van der Waals surface area contributed by atoms with Crippen molar-refractivity contribution >= 4 is 11.6 Å². The van der Waals surface area contributed by atoms with Gasteiger partial charge in [-0.25, -0.2) is 18.6 Å². The molecule has 1 aliphatic heterocycles. The van der Waals surface area contributed by atoms with Crippen molar-refractivity contribution < 1.29 is 38.6 Å². The predicted molar refractivity (Wildman–Crippen MR) is 72.8 cm³/mol. The molecule has 2 rings (SSSR count). The lowest BCUT2D eigenvalue weighted by Gasteiger charge is -2.27. The van der Waals surface area contributed by atoms with Crippen LogP contribution in [0.3, 0.4) is 0 Å². The second-order valence-electron chi connectivity index (χ2n) is 6.24. The predicted octanol–water partition coefficient (Wildman–Crippen LogP) is -3.61. The van der Waals surface area contributed by atoms with Crippen LogP contribution in [0.5, 0.6) is 0 Å². The summed E-state index contributed by atoms with van der Waals surface area (Å²) in [6.07, 6.45) is 2.42. The number of primary amides is 1. The summed E-state index contributed by atoms with van der Waals surface area (Å²) in [5.74, 6) is -0.194. The molecule has 0 aromatic heterocycles. The van der Waals surface area contributed by atoms with Crippen molar-refractivity contribution in [2.45, 2.75) is 44.6 Å². The van der Waals surface area contributed by atoms with Gasteiger partial charge in [-0.05, 0) is 26.3 Å². The molecule has 0 saturated heterocycles. The number of quaternary nitrogens is 1. The number of amides is 1. The van der Waals surface area contributed by atoms with Gasteiger partial charge in [0.1, 0.15) is 11.7 Å². The summed E-state index contributed by atoms with van der Waals surface area (Å²) in [6.45, 7) is 4.61. The van der Waals surface area contributed by atoms with Crippen molar-refractivity contribution in [1.29, 1.82) is 0 Å². The standard InChI is InChI=1S/C15H22N2O.ClHO4/c1-15(2)11-7-4-5-8-12(11)17(3)13(15)9-6-10-14(16)18;2-1(3,4)5/h4-5,7-8,13H,6,9-10H2,1-3H3,(H2,16,18);(H,2,3,4,5). The van der Waals surface area contributed by atoms with Crippen LogP contribution in [0, 0.1) is 10.2 Å². The van der Waals surface area contributed by atoms with Gasteiger partial charge in [-0.15, -0.1) is 10.2 Å². The minimum atomic E-state index is -4.94. The first-order valence-electron chi connectivity index (χ1n) is 7.28. The smallest absolute Gasteiger partial charge is 0.217 e. The molecule has 8 heteroatoms. The van der Waals surface area contributed by atoms with E-state index in [1.807, 2.05) is 0 Å². The molecule has 1 heterocycles. The van der Waals surface area contributed by atoms with Gasteiger partial charge in [0, 0.05) is 23.8 Å². The summed E-state index contributed by atoms with van der Waals surface area (Å²) in [6, 6.07) is 9.17. The second-order valence-corrected chi connectivity index (χ2v) is 7.00. The Balaban J connectivity index is 0.000000463. The van der Waals surface area contributed by atoms with Crippen LogP contribution < -0.4 is 29.3 Å². The van der Waals surface area contributed by atoms with E-state index in [0.29, 0.717) is 12.5 Å². The highest BCUT2D eigenvalue weighted by Gasteiger charge is 2.46. The number of nitrogens with one attached hydrogen (secondary N) is 1. The molecule has 1 amide bonds. The van der Waals surface area contributed by atoms with Crippen LogP contribution in [0.4, 0.5) is 5.69 Å². The third-order valence-corrected chi connectivity index (χ3v) is 4.36. The van der Waals surface area contributed by atoms with Crippen molar-refractivity contribution in [3.05, 3.63) is 29.8 Å². The van der Waals surface area contributed by atoms with E-state index >= 15 is 0 Å². The number of para-hydroxylation sites is 1. The topological polar surface area (TPSA) is 140 Å². The summed E-state index contributed by atoms with van der Waals surface area (Å²) in [5, 5.41) is 0. The van der Waals surface area contributed by atoms with E-state index in [2.05, 4.69) is 45.2 Å². The van der Waals surface area contributed by atoms with Gasteiger partial charge in [-0.1, -0.05) is 18.2 Å². The van der Waals surface area contributed by atoms with Crippen LogP contribution in [-0.4, -0.2) is 19.0 Å². The van der Waals surface area contributed by atoms with E-state index in [1.54, 1.807) is 0 Å². The maximum atomic E-state index is 10.8. The van der Waals surface area contributed by atoms with Crippen molar-refractivity contribution in [1.82, 2.24) is 0 Å². The Kier molecular flexibility index (Phi) is 6.52. The van der Waals surface area contributed by atoms with E-state index < -0.39 is 10.2 Å². The molecule has 2 atom stereocenters. The van der Waals surface area contributed by atoms with E-state index in [9.17, 15) is 4.79 Å². The summed E-state index contributed by atoms with van der Waals surface area (Å²) in [4.78, 5) is 12.3. The molecule has 7 nitrogen and oxygen atoms in total. The monoisotopic (exact) mass is 346 g/mol. The largest absolute Gasteiger partial charge is 0.370 e. The summed E-state index contributed by atoms with van der Waals surface area (Å²) >= 11 is 0. The molecule has 0 saturated carbocycles. The number of fused-ring (bicyclic) bond motifs is 1. The molecule has 0 aliphatic carbocycles. The Labute approximate surface area is 138 Å². The number of hydrogen-bond donors (Lipinski definition) is 2. The van der Waals surface area contributed by atoms with E-state index in [0.717, 1.165) is 12.8 Å². The maximum Gasteiger partial charge on any atom is 0.217 e. The minimum Gasteiger partial charge on any atom is -0.370 e. The molecule has 130 valence electrons. The normalized spacial score (nSPS) is 22.0. The number of likely N-dealkylation sites (N-methyl/N-ethyl adjacent to an activating group) is 1. The molecule has 0 spiro atoms. The maximum absolute atomic E-state index is 10.8. The minimum absolute atomic E-state index is 0.165. The Morgan fingerprint density at radius 1 is 1.26 bits per heavy atom. The summed E-state index contributed by atoms with van der Waals surface area (Å²) in [7, 11) is -2.72. The fraction of sp³-hybridized carbons (Fsp3) is 0.533. The number of carbonyl (C=O) groups is 1. The molecule has 3 N–H and O–H groups in total. The van der Waals surface area contributed by atoms with Crippen LogP contribution in [0.25, 0.3) is 0 Å². The van der Waals surface area contributed by atoms with Crippen LogP contribution in [0.15, 0.2) is 24.3 Å². The van der Waals surface area contributed by atoms with E-state index in [-0.39, 0.29) is 11.3 Å². The number of nitrogens with two attached hydrogens (primary N) is 1. The van der Waals surface area contributed by atoms with Crippen LogP contribution in [-0.2, 0) is 10.2 Å². The molecular formula is C15H23ClN2O5. The molecule has 1 aliphatic rings. The van der Waals surface area contributed by atoms with Gasteiger partial charge in [-0.3, -0.25) is 4.79 Å². The Morgan fingerprint density at radius 3 is 2.26 bits per heavy atom. The quantitative estimate of drug-likeness (QED) is 0.579. The number of benzene rings is 1. The number of rotatable bonds is 4. The molecule has 0 fully saturated rings. The zero-order chi connectivity index (χ0) is 17.8. The van der Waals surface area contributed by atoms with Gasteiger partial charge in [0.15, 0.2) is 0 Å². The van der Waals surface area contributed by atoms with Crippen LogP contribution in [0.2, 0.25) is 0 Å². The van der Waals surface area contributed by atoms with Crippen molar-refractivity contribution in [3.63, 3.8) is 0 Å². The van der Waals surface area contributed by atoms with Crippen LogP contribution in [0.1, 0.15) is 38.7 Å². The Bertz CT molecular complexity index is 539. The summed E-state index contributed by atoms with van der Waals surface area (Å²) < 4.78 is 34.0. The number of halogens is 1. The number of carbonyl (C=O) groups excluding carboxylic acids is 1. The zero-order valence-corrected chi connectivity index (χ0v) is 14.3. The Hall–Kier alpha value is -1.22. The van der Waals surface area contributed by atoms with E-state index in [1.165, 1.54) is 16.2 Å². The zero-order valence-electron chi connectivity index (χ0n) is 13.5. The first kappa shape index (κ1) is 19.8. The van der Waals surface area contributed by atoms with Gasteiger partial charge in [0.2, 0.25) is 5.91 Å². The van der Waals surface area contributed by atoms with Crippen molar-refractivity contribution in [2.75, 3.05) is 7.05 Å². The highest BCUT2D eigenvalue weighted by molar-refractivity contribution is 5.73. The Morgan fingerprint density at radius 2 is 1.78 bits per heavy atom. The average molecular weight is 347 g/mol. The van der Waals surface area contributed by atoms with Gasteiger partial charge in [-0.2, -0.15) is 0 Å². The van der Waals surface area contributed by atoms with Gasteiger partial charge >= 0.3 is 0 Å². The second kappa shape index (κ2) is 7.57. The molecular weight excluding hydrogens is 324 g/mol. The summed E-state index contributed by atoms with van der Waals surface area (Å²) in [5.41, 5.74) is 8.21. The van der Waals surface area contributed by atoms with Crippen LogP contribution >= 0.6 is 0 Å². The molecule has 0 radical (unpaired) electrons. The molecule has 23 heavy (non-hydrogen) atoms. The lowest BCUT2D eigenvalue weighted by atomic mass is 9.78. The third-order valence-electron chi connectivity index (χ3n) is 4.36. The SMILES string of the molecule is C[NH+]1c2ccccc2C(C)(C)C1CCCC(N)=O.[O-][Cl+3]([O-])([O-])[O-]. The third kappa shape index (κ3) is 5.72. The van der Waals surface area contributed by atoms with Crippen molar-refractivity contribution in [3.8, 4) is 0 Å². The van der Waals surface area contributed by atoms with Crippen molar-refractivity contribution in [2.24, 2.45) is 5.73 Å².